The quantitative estimate of drug-likeness (QED) is 0.692. The summed E-state index contributed by atoms with van der Waals surface area (Å²) >= 11 is 0. The van der Waals surface area contributed by atoms with Gasteiger partial charge in [0.05, 0.1) is 0 Å². The standard InChI is InChI=1S/C10H20FN/c1-2-6-9(11)10-7-4-3-5-8-12-10/h9-10,12H,2-8H2,1H3. The molecule has 0 saturated carbocycles. The molecule has 2 atom stereocenters. The summed E-state index contributed by atoms with van der Waals surface area (Å²) in [5.41, 5.74) is 0. The Morgan fingerprint density at radius 3 is 3.00 bits per heavy atom. The number of halogens is 1. The van der Waals surface area contributed by atoms with Gasteiger partial charge >= 0.3 is 0 Å². The van der Waals surface area contributed by atoms with Crippen molar-refractivity contribution in [1.29, 1.82) is 0 Å². The Morgan fingerprint density at radius 1 is 1.42 bits per heavy atom. The molecule has 0 radical (unpaired) electrons. The van der Waals surface area contributed by atoms with Crippen LogP contribution in [0.3, 0.4) is 0 Å². The molecule has 0 aromatic heterocycles. The van der Waals surface area contributed by atoms with Gasteiger partial charge in [-0.3, -0.25) is 0 Å². The summed E-state index contributed by atoms with van der Waals surface area (Å²) in [5.74, 6) is 0. The highest BCUT2D eigenvalue weighted by Crippen LogP contribution is 2.16. The van der Waals surface area contributed by atoms with Crippen molar-refractivity contribution in [2.75, 3.05) is 6.54 Å². The highest BCUT2D eigenvalue weighted by atomic mass is 19.1. The maximum Gasteiger partial charge on any atom is 0.115 e. The number of nitrogens with one attached hydrogen (secondary N) is 1. The normalized spacial score (nSPS) is 28.0. The first-order valence-corrected chi connectivity index (χ1v) is 5.22. The van der Waals surface area contributed by atoms with E-state index in [2.05, 4.69) is 5.32 Å². The molecule has 1 fully saturated rings. The van der Waals surface area contributed by atoms with Crippen molar-refractivity contribution in [3.8, 4) is 0 Å². The first kappa shape index (κ1) is 9.97. The smallest absolute Gasteiger partial charge is 0.115 e. The molecular formula is C10H20FN. The first-order valence-electron chi connectivity index (χ1n) is 5.22. The molecule has 72 valence electrons. The Bertz CT molecular complexity index is 108. The molecule has 1 heterocycles. The van der Waals surface area contributed by atoms with E-state index in [4.69, 9.17) is 0 Å². The van der Waals surface area contributed by atoms with Crippen LogP contribution in [0.1, 0.15) is 45.4 Å². The zero-order valence-corrected chi connectivity index (χ0v) is 7.98. The zero-order chi connectivity index (χ0) is 8.81. The molecule has 2 unspecified atom stereocenters. The zero-order valence-electron chi connectivity index (χ0n) is 7.98. The fraction of sp³-hybridized carbons (Fsp3) is 1.00. The maximum absolute atomic E-state index is 13.4. The molecule has 0 aromatic carbocycles. The van der Waals surface area contributed by atoms with Gasteiger partial charge in [-0.15, -0.1) is 0 Å². The van der Waals surface area contributed by atoms with Gasteiger partial charge < -0.3 is 5.32 Å². The maximum atomic E-state index is 13.4. The van der Waals surface area contributed by atoms with Crippen molar-refractivity contribution < 1.29 is 4.39 Å². The van der Waals surface area contributed by atoms with E-state index in [1.807, 2.05) is 6.92 Å². The summed E-state index contributed by atoms with van der Waals surface area (Å²) in [4.78, 5) is 0. The van der Waals surface area contributed by atoms with Crippen molar-refractivity contribution in [2.45, 2.75) is 57.7 Å². The number of hydrogen-bond donors (Lipinski definition) is 1. The lowest BCUT2D eigenvalue weighted by molar-refractivity contribution is 0.229. The van der Waals surface area contributed by atoms with E-state index in [9.17, 15) is 4.39 Å². The van der Waals surface area contributed by atoms with Crippen LogP contribution < -0.4 is 5.32 Å². The van der Waals surface area contributed by atoms with Gasteiger partial charge in [-0.25, -0.2) is 4.39 Å². The van der Waals surface area contributed by atoms with Gasteiger partial charge in [0.2, 0.25) is 0 Å². The summed E-state index contributed by atoms with van der Waals surface area (Å²) in [6.07, 6.45) is 5.77. The minimum Gasteiger partial charge on any atom is -0.311 e. The molecule has 1 saturated heterocycles. The first-order chi connectivity index (χ1) is 5.84. The summed E-state index contributed by atoms with van der Waals surface area (Å²) in [7, 11) is 0. The number of hydrogen-bond acceptors (Lipinski definition) is 1. The van der Waals surface area contributed by atoms with E-state index in [0.717, 1.165) is 25.8 Å². The van der Waals surface area contributed by atoms with Gasteiger partial charge in [-0.1, -0.05) is 26.2 Å². The topological polar surface area (TPSA) is 12.0 Å². The summed E-state index contributed by atoms with van der Waals surface area (Å²) in [5, 5.41) is 3.29. The summed E-state index contributed by atoms with van der Waals surface area (Å²) in [6.45, 7) is 3.05. The summed E-state index contributed by atoms with van der Waals surface area (Å²) in [6, 6.07) is 0.146. The summed E-state index contributed by atoms with van der Waals surface area (Å²) < 4.78 is 13.4. The van der Waals surface area contributed by atoms with Crippen LogP contribution in [0.4, 0.5) is 4.39 Å². The third kappa shape index (κ3) is 3.10. The van der Waals surface area contributed by atoms with Crippen molar-refractivity contribution in [3.05, 3.63) is 0 Å². The van der Waals surface area contributed by atoms with Crippen molar-refractivity contribution in [3.63, 3.8) is 0 Å². The van der Waals surface area contributed by atoms with E-state index >= 15 is 0 Å². The van der Waals surface area contributed by atoms with E-state index in [1.54, 1.807) is 0 Å². The van der Waals surface area contributed by atoms with Crippen LogP contribution in [0, 0.1) is 0 Å². The molecular weight excluding hydrogens is 153 g/mol. The fourth-order valence-electron chi connectivity index (χ4n) is 1.84. The van der Waals surface area contributed by atoms with Crippen LogP contribution in [0.5, 0.6) is 0 Å². The third-order valence-electron chi connectivity index (χ3n) is 2.60. The Morgan fingerprint density at radius 2 is 2.25 bits per heavy atom. The highest BCUT2D eigenvalue weighted by molar-refractivity contribution is 4.77. The molecule has 0 spiro atoms. The Labute approximate surface area is 74.7 Å². The monoisotopic (exact) mass is 173 g/mol. The van der Waals surface area contributed by atoms with E-state index in [0.29, 0.717) is 0 Å². The molecule has 1 rings (SSSR count). The van der Waals surface area contributed by atoms with Crippen LogP contribution in [-0.2, 0) is 0 Å². The van der Waals surface area contributed by atoms with Gasteiger partial charge in [0.15, 0.2) is 0 Å². The van der Waals surface area contributed by atoms with Gasteiger partial charge in [-0.2, -0.15) is 0 Å². The van der Waals surface area contributed by atoms with Crippen molar-refractivity contribution in [1.82, 2.24) is 5.32 Å². The Balaban J connectivity index is 2.27. The third-order valence-corrected chi connectivity index (χ3v) is 2.60. The molecule has 12 heavy (non-hydrogen) atoms. The van der Waals surface area contributed by atoms with Crippen molar-refractivity contribution >= 4 is 0 Å². The van der Waals surface area contributed by atoms with Gasteiger partial charge in [-0.05, 0) is 25.8 Å². The van der Waals surface area contributed by atoms with Gasteiger partial charge in [0, 0.05) is 6.04 Å². The van der Waals surface area contributed by atoms with Crippen LogP contribution in [0.25, 0.3) is 0 Å². The van der Waals surface area contributed by atoms with Crippen molar-refractivity contribution in [2.24, 2.45) is 0 Å². The number of rotatable bonds is 3. The lowest BCUT2D eigenvalue weighted by Crippen LogP contribution is -2.36. The predicted molar refractivity (Wildman–Crippen MR) is 50.1 cm³/mol. The number of alkyl halides is 1. The second kappa shape index (κ2) is 5.52. The average molecular weight is 173 g/mol. The van der Waals surface area contributed by atoms with E-state index in [-0.39, 0.29) is 6.04 Å². The van der Waals surface area contributed by atoms with Gasteiger partial charge in [0.1, 0.15) is 6.17 Å². The molecule has 1 nitrogen and oxygen atoms in total. The van der Waals surface area contributed by atoms with Crippen LogP contribution in [0.15, 0.2) is 0 Å². The minimum absolute atomic E-state index is 0.146. The predicted octanol–water partition coefficient (Wildman–Crippen LogP) is 2.66. The van der Waals surface area contributed by atoms with Crippen LogP contribution >= 0.6 is 0 Å². The van der Waals surface area contributed by atoms with E-state index < -0.39 is 6.17 Å². The Kier molecular flexibility index (Phi) is 4.59. The van der Waals surface area contributed by atoms with Gasteiger partial charge in [0.25, 0.3) is 0 Å². The fourth-order valence-corrected chi connectivity index (χ4v) is 1.84. The second-order valence-electron chi connectivity index (χ2n) is 3.71. The molecule has 0 aliphatic carbocycles. The lowest BCUT2D eigenvalue weighted by atomic mass is 10.0. The van der Waals surface area contributed by atoms with Crippen LogP contribution in [-0.4, -0.2) is 18.8 Å². The lowest BCUT2D eigenvalue weighted by Gasteiger charge is -2.19. The molecule has 1 N–H and O–H groups in total. The minimum atomic E-state index is -0.618. The van der Waals surface area contributed by atoms with E-state index in [1.165, 1.54) is 19.3 Å². The molecule has 0 bridgehead atoms. The molecule has 2 heteroatoms. The molecule has 0 amide bonds. The SMILES string of the molecule is CCCC(F)C1CCCCCN1. The molecule has 0 aromatic rings. The molecule has 1 aliphatic rings. The van der Waals surface area contributed by atoms with Crippen LogP contribution in [0.2, 0.25) is 0 Å². The molecule has 1 aliphatic heterocycles. The Hall–Kier alpha value is -0.110. The second-order valence-corrected chi connectivity index (χ2v) is 3.71. The highest BCUT2D eigenvalue weighted by Gasteiger charge is 2.20. The average Bonchev–Trinajstić information content (AvgIpc) is 2.32. The largest absolute Gasteiger partial charge is 0.311 e.